The predicted molar refractivity (Wildman–Crippen MR) is 164 cm³/mol. The van der Waals surface area contributed by atoms with Gasteiger partial charge in [-0.2, -0.15) is 0 Å². The van der Waals surface area contributed by atoms with Crippen molar-refractivity contribution in [3.63, 3.8) is 0 Å². The molecule has 0 fully saturated rings. The third-order valence-corrected chi connectivity index (χ3v) is 10.3. The molecule has 7 heteroatoms. The average Bonchev–Trinajstić information content (AvgIpc) is 3.64. The predicted octanol–water partition coefficient (Wildman–Crippen LogP) is 8.52. The van der Waals surface area contributed by atoms with Gasteiger partial charge in [-0.25, -0.2) is 0 Å². The zero-order chi connectivity index (χ0) is 26.8. The number of hydrogen-bond acceptors (Lipinski definition) is 5. The lowest BCUT2D eigenvalue weighted by atomic mass is 9.98. The molecule has 3 atom stereocenters. The molecule has 0 aliphatic carbocycles. The molecule has 4 nitrogen and oxygen atoms in total. The number of thioether (sulfide) groups is 1. The molecule has 1 amide bonds. The highest BCUT2D eigenvalue weighted by molar-refractivity contribution is 9.11. The maximum absolute atomic E-state index is 14.3. The van der Waals surface area contributed by atoms with Gasteiger partial charge >= 0.3 is 0 Å². The van der Waals surface area contributed by atoms with Gasteiger partial charge in [-0.15, -0.1) is 23.1 Å². The van der Waals surface area contributed by atoms with Gasteiger partial charge in [0.1, 0.15) is 0 Å². The smallest absolute Gasteiger partial charge is 0.261 e. The van der Waals surface area contributed by atoms with Crippen LogP contribution in [0.5, 0.6) is 0 Å². The number of rotatable bonds is 16. The van der Waals surface area contributed by atoms with Gasteiger partial charge in [0.05, 0.1) is 31.6 Å². The third kappa shape index (κ3) is 7.63. The summed E-state index contributed by atoms with van der Waals surface area (Å²) in [6.07, 6.45) is 13.1. The Morgan fingerprint density at radius 1 is 1.16 bits per heavy atom. The van der Waals surface area contributed by atoms with Gasteiger partial charge in [-0.3, -0.25) is 9.59 Å². The largest absolute Gasteiger partial charge is 0.383 e. The van der Waals surface area contributed by atoms with Gasteiger partial charge in [0, 0.05) is 18.0 Å². The Hall–Kier alpha value is -1.31. The summed E-state index contributed by atoms with van der Waals surface area (Å²) in [5.74, 6) is 0.908. The summed E-state index contributed by atoms with van der Waals surface area (Å²) < 4.78 is 0.286. The standard InChI is InChI=1S/C30H43BrN2O2S2/c1-5-9-12-21(7-3)18-32-28(24-15-16-26(31)37-24)27-23(20-34)29(25-14-11-17-36-25)33(30(27)35)19-22(8-4)13-10-6-2/h11,14-15,17,20-22,26,32H,5-10,12-13,16,18-19H2,1-4H3/b28-27+. The van der Waals surface area contributed by atoms with Gasteiger partial charge in [-0.05, 0) is 42.5 Å². The molecule has 1 N–H and O–H groups in total. The van der Waals surface area contributed by atoms with Gasteiger partial charge in [-0.1, -0.05) is 94.3 Å². The monoisotopic (exact) mass is 606 g/mol. The molecular formula is C30H43BrN2O2S2. The first kappa shape index (κ1) is 30.2. The van der Waals surface area contributed by atoms with Crippen LogP contribution in [0.3, 0.4) is 0 Å². The normalized spacial score (nSPS) is 20.9. The van der Waals surface area contributed by atoms with Gasteiger partial charge < -0.3 is 10.2 Å². The first-order valence-corrected chi connectivity index (χ1v) is 16.7. The van der Waals surface area contributed by atoms with E-state index in [1.807, 2.05) is 22.4 Å². The summed E-state index contributed by atoms with van der Waals surface area (Å²) in [7, 11) is 0. The number of carbonyl (C=O) groups excluding carboxylic acids is 2. The Morgan fingerprint density at radius 2 is 1.86 bits per heavy atom. The topological polar surface area (TPSA) is 49.4 Å². The number of carbonyl (C=O) groups is 2. The molecule has 0 spiro atoms. The van der Waals surface area contributed by atoms with E-state index in [-0.39, 0.29) is 10.1 Å². The molecule has 204 valence electrons. The minimum atomic E-state index is -0.0379. The van der Waals surface area contributed by atoms with Crippen LogP contribution in [-0.2, 0) is 9.59 Å². The fraction of sp³-hybridized carbons (Fsp3) is 0.600. The molecule has 0 saturated heterocycles. The van der Waals surface area contributed by atoms with Crippen molar-refractivity contribution in [3.05, 3.63) is 50.2 Å². The summed E-state index contributed by atoms with van der Waals surface area (Å²) in [5, 5.41) is 5.72. The van der Waals surface area contributed by atoms with Crippen LogP contribution in [0.1, 0.15) is 90.4 Å². The van der Waals surface area contributed by atoms with E-state index in [9.17, 15) is 9.59 Å². The van der Waals surface area contributed by atoms with Crippen molar-refractivity contribution >= 4 is 56.9 Å². The minimum absolute atomic E-state index is 0.0379. The molecule has 2 aliphatic heterocycles. The number of allylic oxidation sites excluding steroid dienone is 1. The second-order valence-electron chi connectivity index (χ2n) is 10.1. The second kappa shape index (κ2) is 15.3. The van der Waals surface area contributed by atoms with Crippen LogP contribution in [-0.4, -0.2) is 34.3 Å². The number of aldehydes is 1. The van der Waals surface area contributed by atoms with Crippen molar-refractivity contribution in [2.45, 2.75) is 89.6 Å². The molecule has 1 aromatic heterocycles. The van der Waals surface area contributed by atoms with Crippen LogP contribution in [0, 0.1) is 11.8 Å². The molecule has 3 heterocycles. The summed E-state index contributed by atoms with van der Waals surface area (Å²) >= 11 is 7.06. The lowest BCUT2D eigenvalue weighted by Crippen LogP contribution is -2.32. The summed E-state index contributed by atoms with van der Waals surface area (Å²) in [6, 6.07) is 4.03. The number of alkyl halides is 1. The Balaban J connectivity index is 2.08. The number of hydrogen-bond donors (Lipinski definition) is 1. The average molecular weight is 608 g/mol. The summed E-state index contributed by atoms with van der Waals surface area (Å²) in [6.45, 7) is 10.3. The highest BCUT2D eigenvalue weighted by Crippen LogP contribution is 2.45. The molecule has 0 bridgehead atoms. The lowest BCUT2D eigenvalue weighted by molar-refractivity contribution is -0.123. The Kier molecular flexibility index (Phi) is 12.5. The maximum atomic E-state index is 14.3. The first-order valence-electron chi connectivity index (χ1n) is 14.0. The fourth-order valence-electron chi connectivity index (χ4n) is 5.08. The minimum Gasteiger partial charge on any atom is -0.383 e. The summed E-state index contributed by atoms with van der Waals surface area (Å²) in [4.78, 5) is 31.0. The molecular weight excluding hydrogens is 564 g/mol. The number of nitrogens with one attached hydrogen (secondary N) is 1. The molecule has 1 aromatic rings. The van der Waals surface area contributed by atoms with Crippen LogP contribution in [0.4, 0.5) is 0 Å². The van der Waals surface area contributed by atoms with Gasteiger partial charge in [0.25, 0.3) is 5.91 Å². The van der Waals surface area contributed by atoms with Crippen molar-refractivity contribution < 1.29 is 9.59 Å². The first-order chi connectivity index (χ1) is 18.0. The van der Waals surface area contributed by atoms with Crippen LogP contribution in [0.25, 0.3) is 5.70 Å². The van der Waals surface area contributed by atoms with Crippen molar-refractivity contribution in [1.29, 1.82) is 0 Å². The molecule has 0 aromatic carbocycles. The molecule has 0 saturated carbocycles. The zero-order valence-corrected chi connectivity index (χ0v) is 26.1. The van der Waals surface area contributed by atoms with Crippen molar-refractivity contribution in [2.24, 2.45) is 11.8 Å². The highest BCUT2D eigenvalue weighted by atomic mass is 79.9. The number of halogens is 1. The second-order valence-corrected chi connectivity index (χ2v) is 14.0. The Labute approximate surface area is 240 Å². The van der Waals surface area contributed by atoms with E-state index in [0.29, 0.717) is 29.5 Å². The van der Waals surface area contributed by atoms with Crippen molar-refractivity contribution in [1.82, 2.24) is 10.2 Å². The van der Waals surface area contributed by atoms with Crippen LogP contribution >= 0.6 is 39.0 Å². The molecule has 2 aliphatic rings. The third-order valence-electron chi connectivity index (χ3n) is 7.46. The van der Waals surface area contributed by atoms with Crippen LogP contribution in [0.2, 0.25) is 0 Å². The molecule has 37 heavy (non-hydrogen) atoms. The van der Waals surface area contributed by atoms with E-state index < -0.39 is 0 Å². The summed E-state index contributed by atoms with van der Waals surface area (Å²) in [5.41, 5.74) is 2.71. The van der Waals surface area contributed by atoms with E-state index in [2.05, 4.69) is 55.0 Å². The quantitative estimate of drug-likeness (QED) is 0.116. The number of thiophene rings is 1. The maximum Gasteiger partial charge on any atom is 0.261 e. The highest BCUT2D eigenvalue weighted by Gasteiger charge is 2.40. The van der Waals surface area contributed by atoms with E-state index in [4.69, 9.17) is 0 Å². The molecule has 3 unspecified atom stereocenters. The molecule has 3 rings (SSSR count). The number of unbranched alkanes of at least 4 members (excludes halogenated alkanes) is 2. The fourth-order valence-corrected chi connectivity index (χ4v) is 7.62. The van der Waals surface area contributed by atoms with E-state index in [1.54, 1.807) is 23.1 Å². The van der Waals surface area contributed by atoms with E-state index in [1.165, 1.54) is 19.3 Å². The molecule has 0 radical (unpaired) electrons. The van der Waals surface area contributed by atoms with Gasteiger partial charge in [0.2, 0.25) is 0 Å². The van der Waals surface area contributed by atoms with Crippen molar-refractivity contribution in [2.75, 3.05) is 13.1 Å². The number of nitrogens with zero attached hydrogens (tertiary/aromatic N) is 1. The Morgan fingerprint density at radius 3 is 2.41 bits per heavy atom. The van der Waals surface area contributed by atoms with Crippen LogP contribution in [0.15, 0.2) is 45.3 Å². The van der Waals surface area contributed by atoms with E-state index in [0.717, 1.165) is 72.5 Å². The van der Waals surface area contributed by atoms with Crippen LogP contribution < -0.4 is 5.32 Å². The Bertz CT molecular complexity index is 999. The van der Waals surface area contributed by atoms with Crippen molar-refractivity contribution in [3.8, 4) is 0 Å². The zero-order valence-electron chi connectivity index (χ0n) is 22.9. The van der Waals surface area contributed by atoms with Gasteiger partial charge in [0.15, 0.2) is 6.29 Å². The van der Waals surface area contributed by atoms with E-state index >= 15 is 0 Å². The SMILES string of the molecule is CCCCC(CC)CN/C(C1=CCC(Br)S1)=C1/C(=O)N(CC(CC)CCCC)C(c2cccs2)=C1C=O. The number of amides is 1. The lowest BCUT2D eigenvalue weighted by Gasteiger charge is -2.25.